The van der Waals surface area contributed by atoms with Crippen molar-refractivity contribution in [1.29, 1.82) is 5.26 Å². The Morgan fingerprint density at radius 2 is 1.67 bits per heavy atom. The number of benzene rings is 3. The predicted molar refractivity (Wildman–Crippen MR) is 118 cm³/mol. The Bertz CT molecular complexity index is 1210. The third kappa shape index (κ3) is 3.86. The van der Waals surface area contributed by atoms with E-state index < -0.39 is 0 Å². The van der Waals surface area contributed by atoms with E-state index in [9.17, 15) is 5.26 Å². The van der Waals surface area contributed by atoms with Crippen molar-refractivity contribution in [3.8, 4) is 34.3 Å². The van der Waals surface area contributed by atoms with Gasteiger partial charge in [-0.3, -0.25) is 0 Å². The van der Waals surface area contributed by atoms with Gasteiger partial charge in [0.1, 0.15) is 5.75 Å². The fourth-order valence-corrected chi connectivity index (χ4v) is 3.96. The first-order valence-electron chi connectivity index (χ1n) is 9.26. The fourth-order valence-electron chi connectivity index (χ4n) is 3.15. The molecule has 148 valence electrons. The lowest BCUT2D eigenvalue weighted by molar-refractivity contribution is 0.416. The van der Waals surface area contributed by atoms with E-state index >= 15 is 0 Å². The number of thioether (sulfide) groups is 1. The second kappa shape index (κ2) is 8.72. The average molecular weight is 414 g/mol. The highest BCUT2D eigenvalue weighted by Crippen LogP contribution is 2.30. The van der Waals surface area contributed by atoms with Crippen LogP contribution in [0.1, 0.15) is 11.1 Å². The Balaban J connectivity index is 1.50. The smallest absolute Gasteiger partial charge is 0.210 e. The molecule has 2 N–H and O–H groups in total. The largest absolute Gasteiger partial charge is 0.496 e. The summed E-state index contributed by atoms with van der Waals surface area (Å²) in [6.07, 6.45) is 0. The van der Waals surface area contributed by atoms with Gasteiger partial charge in [-0.15, -0.1) is 10.2 Å². The molecule has 4 rings (SSSR count). The predicted octanol–water partition coefficient (Wildman–Crippen LogP) is 4.50. The van der Waals surface area contributed by atoms with Gasteiger partial charge in [-0.05, 0) is 34.9 Å². The zero-order valence-electron chi connectivity index (χ0n) is 16.3. The molecule has 0 saturated heterocycles. The van der Waals surface area contributed by atoms with Gasteiger partial charge in [0.05, 0.1) is 24.3 Å². The molecule has 0 fully saturated rings. The molecule has 7 heteroatoms. The van der Waals surface area contributed by atoms with Crippen molar-refractivity contribution in [2.45, 2.75) is 10.9 Å². The number of nitriles is 1. The molecule has 0 amide bonds. The van der Waals surface area contributed by atoms with Crippen molar-refractivity contribution in [2.75, 3.05) is 13.0 Å². The number of methoxy groups -OCH3 is 1. The quantitative estimate of drug-likeness (QED) is 0.370. The van der Waals surface area contributed by atoms with Gasteiger partial charge in [0.25, 0.3) is 0 Å². The molecular weight excluding hydrogens is 394 g/mol. The van der Waals surface area contributed by atoms with Gasteiger partial charge in [0.15, 0.2) is 5.82 Å². The zero-order valence-corrected chi connectivity index (χ0v) is 17.1. The number of aromatic nitrogens is 3. The number of para-hydroxylation sites is 1. The van der Waals surface area contributed by atoms with Crippen molar-refractivity contribution >= 4 is 11.8 Å². The molecule has 0 aliphatic carbocycles. The van der Waals surface area contributed by atoms with Crippen LogP contribution in [-0.2, 0) is 5.75 Å². The van der Waals surface area contributed by atoms with E-state index in [1.54, 1.807) is 7.11 Å². The average Bonchev–Trinajstić information content (AvgIpc) is 3.18. The number of hydrogen-bond donors (Lipinski definition) is 1. The van der Waals surface area contributed by atoms with E-state index in [0.29, 0.717) is 28.0 Å². The second-order valence-electron chi connectivity index (χ2n) is 6.52. The first-order chi connectivity index (χ1) is 14.7. The summed E-state index contributed by atoms with van der Waals surface area (Å²) in [6, 6.07) is 25.6. The first kappa shape index (κ1) is 19.6. The third-order valence-electron chi connectivity index (χ3n) is 4.69. The summed E-state index contributed by atoms with van der Waals surface area (Å²) < 4.78 is 6.88. The van der Waals surface area contributed by atoms with Gasteiger partial charge in [0.2, 0.25) is 5.16 Å². The van der Waals surface area contributed by atoms with E-state index in [0.717, 1.165) is 22.3 Å². The van der Waals surface area contributed by atoms with Gasteiger partial charge >= 0.3 is 0 Å². The van der Waals surface area contributed by atoms with Crippen LogP contribution in [0.5, 0.6) is 5.75 Å². The molecule has 1 aromatic heterocycles. The Morgan fingerprint density at radius 1 is 0.967 bits per heavy atom. The highest BCUT2D eigenvalue weighted by molar-refractivity contribution is 7.98. The van der Waals surface area contributed by atoms with E-state index in [2.05, 4.69) is 28.4 Å². The molecule has 0 unspecified atom stereocenters. The summed E-state index contributed by atoms with van der Waals surface area (Å²) >= 11 is 1.51. The molecule has 0 atom stereocenters. The van der Waals surface area contributed by atoms with Gasteiger partial charge in [-0.25, -0.2) is 4.68 Å². The molecule has 3 aromatic carbocycles. The van der Waals surface area contributed by atoms with Gasteiger partial charge in [0, 0.05) is 5.75 Å². The molecule has 30 heavy (non-hydrogen) atoms. The first-order valence-corrected chi connectivity index (χ1v) is 10.2. The number of nitrogen functional groups attached to an aromatic ring is 1. The van der Waals surface area contributed by atoms with E-state index in [-0.39, 0.29) is 0 Å². The van der Waals surface area contributed by atoms with E-state index in [1.807, 2.05) is 60.7 Å². The molecule has 0 aliphatic heterocycles. The maximum atomic E-state index is 9.30. The minimum Gasteiger partial charge on any atom is -0.496 e. The Kier molecular flexibility index (Phi) is 5.68. The molecule has 1 heterocycles. The summed E-state index contributed by atoms with van der Waals surface area (Å²) in [5.41, 5.74) is 4.53. The minimum atomic E-state index is 0.554. The van der Waals surface area contributed by atoms with Crippen LogP contribution in [0.2, 0.25) is 0 Å². The van der Waals surface area contributed by atoms with Crippen LogP contribution in [0.4, 0.5) is 0 Å². The number of rotatable bonds is 6. The normalized spacial score (nSPS) is 10.5. The van der Waals surface area contributed by atoms with Crippen LogP contribution < -0.4 is 10.6 Å². The third-order valence-corrected chi connectivity index (χ3v) is 5.71. The summed E-state index contributed by atoms with van der Waals surface area (Å²) in [5.74, 6) is 8.19. The van der Waals surface area contributed by atoms with Crippen LogP contribution in [0.15, 0.2) is 78.0 Å². The van der Waals surface area contributed by atoms with Crippen LogP contribution >= 0.6 is 11.8 Å². The minimum absolute atomic E-state index is 0.554. The number of nitrogens with two attached hydrogens (primary N) is 1. The fraction of sp³-hybridized carbons (Fsp3) is 0.0870. The topological polar surface area (TPSA) is 89.8 Å². The van der Waals surface area contributed by atoms with Gasteiger partial charge < -0.3 is 10.6 Å². The number of nitrogens with zero attached hydrogens (tertiary/aromatic N) is 4. The summed E-state index contributed by atoms with van der Waals surface area (Å²) in [4.78, 5) is 0. The van der Waals surface area contributed by atoms with Crippen LogP contribution in [0.3, 0.4) is 0 Å². The van der Waals surface area contributed by atoms with E-state index in [1.165, 1.54) is 16.4 Å². The highest BCUT2D eigenvalue weighted by Gasteiger charge is 2.15. The highest BCUT2D eigenvalue weighted by atomic mass is 32.2. The monoisotopic (exact) mass is 413 g/mol. The van der Waals surface area contributed by atoms with Crippen molar-refractivity contribution in [3.63, 3.8) is 0 Å². The molecule has 0 aliphatic rings. The number of ether oxygens (including phenoxy) is 1. The summed E-state index contributed by atoms with van der Waals surface area (Å²) in [5, 5.41) is 18.4. The van der Waals surface area contributed by atoms with Crippen molar-refractivity contribution in [3.05, 3.63) is 83.9 Å². The van der Waals surface area contributed by atoms with Gasteiger partial charge in [-0.1, -0.05) is 66.4 Å². The van der Waals surface area contributed by atoms with E-state index in [4.69, 9.17) is 10.6 Å². The maximum Gasteiger partial charge on any atom is 0.210 e. The van der Waals surface area contributed by atoms with Crippen molar-refractivity contribution in [1.82, 2.24) is 14.9 Å². The molecule has 0 saturated carbocycles. The van der Waals surface area contributed by atoms with Crippen molar-refractivity contribution < 1.29 is 4.74 Å². The maximum absolute atomic E-state index is 9.30. The molecular formula is C23H19N5OS. The Hall–Kier alpha value is -3.76. The molecule has 0 spiro atoms. The van der Waals surface area contributed by atoms with Gasteiger partial charge in [-0.2, -0.15) is 5.26 Å². The molecule has 4 aromatic rings. The second-order valence-corrected chi connectivity index (χ2v) is 7.46. The Labute approximate surface area is 178 Å². The lowest BCUT2D eigenvalue weighted by atomic mass is 10.00. The molecule has 0 radical (unpaired) electrons. The Morgan fingerprint density at radius 3 is 2.40 bits per heavy atom. The number of hydrogen-bond acceptors (Lipinski definition) is 6. The molecule has 0 bridgehead atoms. The lowest BCUT2D eigenvalue weighted by Gasteiger charge is -2.08. The van der Waals surface area contributed by atoms with Crippen LogP contribution in [0, 0.1) is 11.3 Å². The lowest BCUT2D eigenvalue weighted by Crippen LogP contribution is -2.11. The molecule has 6 nitrogen and oxygen atoms in total. The summed E-state index contributed by atoms with van der Waals surface area (Å²) in [6.45, 7) is 0. The van der Waals surface area contributed by atoms with Crippen molar-refractivity contribution in [2.24, 2.45) is 0 Å². The zero-order chi connectivity index (χ0) is 20.9. The summed E-state index contributed by atoms with van der Waals surface area (Å²) in [7, 11) is 1.62. The standard InChI is InChI=1S/C23H19N5OS/c1-29-21-9-5-4-8-20(21)22-26-27-23(28(22)25)30-15-16-10-12-17(13-11-16)19-7-3-2-6-18(19)14-24/h2-13H,15,25H2,1H3. The van der Waals surface area contributed by atoms with Crippen LogP contribution in [-0.4, -0.2) is 22.0 Å². The van der Waals surface area contributed by atoms with Crippen LogP contribution in [0.25, 0.3) is 22.5 Å². The SMILES string of the molecule is COc1ccccc1-c1nnc(SCc2ccc(-c3ccccc3C#N)cc2)n1N.